The average molecular weight is 215 g/mol. The quantitative estimate of drug-likeness (QED) is 0.677. The van der Waals surface area contributed by atoms with Crippen LogP contribution >= 0.6 is 0 Å². The standard InChI is InChI=1S/C11H19O4/c1-3-11(15-10(12)13)8-6-5-7-9(11)14-4-2/h9H,3-8H2,1-2H3. The minimum Gasteiger partial charge on any atom is -0.422 e. The highest BCUT2D eigenvalue weighted by Crippen LogP contribution is 2.36. The van der Waals surface area contributed by atoms with Crippen LogP contribution < -0.4 is 0 Å². The summed E-state index contributed by atoms with van der Waals surface area (Å²) in [4.78, 5) is 10.6. The highest BCUT2D eigenvalue weighted by atomic mass is 16.7. The van der Waals surface area contributed by atoms with E-state index in [2.05, 4.69) is 0 Å². The van der Waals surface area contributed by atoms with Gasteiger partial charge in [0.25, 0.3) is 0 Å². The summed E-state index contributed by atoms with van der Waals surface area (Å²) >= 11 is 0. The molecule has 2 atom stereocenters. The number of ether oxygens (including phenoxy) is 2. The Morgan fingerprint density at radius 3 is 2.67 bits per heavy atom. The molecule has 0 bridgehead atoms. The molecule has 0 aromatic rings. The Kier molecular flexibility index (Phi) is 4.39. The maximum Gasteiger partial charge on any atom is 0.550 e. The van der Waals surface area contributed by atoms with E-state index in [9.17, 15) is 9.90 Å². The monoisotopic (exact) mass is 215 g/mol. The molecule has 87 valence electrons. The number of rotatable bonds is 4. The SMILES string of the molecule is CCOC1CCCCC1(CC)OC([O])=O. The Morgan fingerprint density at radius 2 is 2.13 bits per heavy atom. The van der Waals surface area contributed by atoms with Crippen LogP contribution in [0.5, 0.6) is 0 Å². The lowest BCUT2D eigenvalue weighted by Gasteiger charge is -2.41. The van der Waals surface area contributed by atoms with E-state index in [1.807, 2.05) is 13.8 Å². The topological polar surface area (TPSA) is 55.4 Å². The van der Waals surface area contributed by atoms with Crippen LogP contribution in [0.3, 0.4) is 0 Å². The normalized spacial score (nSPS) is 31.2. The van der Waals surface area contributed by atoms with Crippen molar-refractivity contribution in [2.45, 2.75) is 57.7 Å². The summed E-state index contributed by atoms with van der Waals surface area (Å²) in [5, 5.41) is 10.6. The molecule has 0 aromatic carbocycles. The van der Waals surface area contributed by atoms with Crippen molar-refractivity contribution in [2.75, 3.05) is 6.61 Å². The molecule has 1 fully saturated rings. The van der Waals surface area contributed by atoms with Crippen molar-refractivity contribution in [3.63, 3.8) is 0 Å². The molecule has 4 nitrogen and oxygen atoms in total. The van der Waals surface area contributed by atoms with Crippen LogP contribution in [0, 0.1) is 0 Å². The van der Waals surface area contributed by atoms with E-state index in [1.165, 1.54) is 0 Å². The molecule has 1 radical (unpaired) electrons. The summed E-state index contributed by atoms with van der Waals surface area (Å²) in [6.07, 6.45) is 2.76. The van der Waals surface area contributed by atoms with E-state index in [0.29, 0.717) is 13.0 Å². The van der Waals surface area contributed by atoms with Crippen LogP contribution in [-0.2, 0) is 14.6 Å². The van der Waals surface area contributed by atoms with Gasteiger partial charge in [0.2, 0.25) is 0 Å². The van der Waals surface area contributed by atoms with Crippen molar-refractivity contribution < 1.29 is 19.4 Å². The van der Waals surface area contributed by atoms with Gasteiger partial charge in [0.1, 0.15) is 5.60 Å². The molecule has 0 aromatic heterocycles. The third kappa shape index (κ3) is 2.84. The number of carbonyl (C=O) groups is 1. The van der Waals surface area contributed by atoms with E-state index in [0.717, 1.165) is 25.7 Å². The average Bonchev–Trinajstić information content (AvgIpc) is 2.20. The second-order valence-corrected chi connectivity index (χ2v) is 3.96. The minimum absolute atomic E-state index is 0.112. The van der Waals surface area contributed by atoms with Crippen LogP contribution in [0.4, 0.5) is 4.79 Å². The van der Waals surface area contributed by atoms with Gasteiger partial charge in [-0.15, -0.1) is 0 Å². The van der Waals surface area contributed by atoms with Crippen molar-refractivity contribution in [1.29, 1.82) is 0 Å². The fourth-order valence-electron chi connectivity index (χ4n) is 2.37. The summed E-state index contributed by atoms with van der Waals surface area (Å²) in [6, 6.07) is 0. The molecule has 4 heteroatoms. The van der Waals surface area contributed by atoms with Crippen LogP contribution in [0.2, 0.25) is 0 Å². The summed E-state index contributed by atoms with van der Waals surface area (Å²) in [6.45, 7) is 4.43. The van der Waals surface area contributed by atoms with E-state index >= 15 is 0 Å². The first-order valence-corrected chi connectivity index (χ1v) is 5.66. The Labute approximate surface area is 90.6 Å². The maximum atomic E-state index is 10.6. The number of hydrogen-bond donors (Lipinski definition) is 0. The Bertz CT molecular complexity index is 215. The van der Waals surface area contributed by atoms with Crippen molar-refractivity contribution in [3.8, 4) is 0 Å². The van der Waals surface area contributed by atoms with Crippen molar-refractivity contribution in [3.05, 3.63) is 0 Å². The van der Waals surface area contributed by atoms with Crippen LogP contribution in [0.15, 0.2) is 0 Å². The third-order valence-electron chi connectivity index (χ3n) is 3.16. The molecule has 15 heavy (non-hydrogen) atoms. The zero-order valence-electron chi connectivity index (χ0n) is 9.45. The highest BCUT2D eigenvalue weighted by Gasteiger charge is 2.43. The zero-order chi connectivity index (χ0) is 11.3. The molecule has 0 amide bonds. The molecular weight excluding hydrogens is 196 g/mol. The Balaban J connectivity index is 2.74. The van der Waals surface area contributed by atoms with Crippen molar-refractivity contribution in [1.82, 2.24) is 0 Å². The molecular formula is C11H19O4. The largest absolute Gasteiger partial charge is 0.550 e. The maximum absolute atomic E-state index is 10.6. The lowest BCUT2D eigenvalue weighted by Crippen LogP contribution is -2.49. The zero-order valence-corrected chi connectivity index (χ0v) is 9.45. The fourth-order valence-corrected chi connectivity index (χ4v) is 2.37. The van der Waals surface area contributed by atoms with Gasteiger partial charge < -0.3 is 9.47 Å². The summed E-state index contributed by atoms with van der Waals surface area (Å²) < 4.78 is 10.5. The van der Waals surface area contributed by atoms with Gasteiger partial charge in [0.15, 0.2) is 0 Å². The van der Waals surface area contributed by atoms with Gasteiger partial charge in [-0.05, 0) is 32.6 Å². The van der Waals surface area contributed by atoms with E-state index in [4.69, 9.17) is 9.47 Å². The second kappa shape index (κ2) is 5.35. The molecule has 0 heterocycles. The molecule has 1 aliphatic rings. The fraction of sp³-hybridized carbons (Fsp3) is 0.909. The predicted octanol–water partition coefficient (Wildman–Crippen LogP) is 2.68. The summed E-state index contributed by atoms with van der Waals surface area (Å²) in [5.41, 5.74) is -0.674. The van der Waals surface area contributed by atoms with E-state index in [1.54, 1.807) is 0 Å². The van der Waals surface area contributed by atoms with Gasteiger partial charge in [-0.25, -0.2) is 0 Å². The van der Waals surface area contributed by atoms with Gasteiger partial charge >= 0.3 is 6.16 Å². The molecule has 0 N–H and O–H groups in total. The van der Waals surface area contributed by atoms with E-state index < -0.39 is 11.8 Å². The van der Waals surface area contributed by atoms with Crippen LogP contribution in [0.1, 0.15) is 46.0 Å². The third-order valence-corrected chi connectivity index (χ3v) is 3.16. The smallest absolute Gasteiger partial charge is 0.422 e. The number of hydrogen-bond acceptors (Lipinski definition) is 3. The van der Waals surface area contributed by atoms with Crippen LogP contribution in [0.25, 0.3) is 0 Å². The molecule has 0 aliphatic heterocycles. The van der Waals surface area contributed by atoms with Gasteiger partial charge in [-0.1, -0.05) is 13.3 Å². The molecule has 0 saturated heterocycles. The van der Waals surface area contributed by atoms with Crippen LogP contribution in [-0.4, -0.2) is 24.5 Å². The van der Waals surface area contributed by atoms with Gasteiger partial charge in [-0.2, -0.15) is 9.90 Å². The Morgan fingerprint density at radius 1 is 1.40 bits per heavy atom. The Hall–Kier alpha value is -0.770. The summed E-state index contributed by atoms with van der Waals surface area (Å²) in [5.74, 6) is 0. The molecule has 1 saturated carbocycles. The molecule has 1 rings (SSSR count). The minimum atomic E-state index is -1.44. The highest BCUT2D eigenvalue weighted by molar-refractivity contribution is 5.57. The molecule has 0 spiro atoms. The van der Waals surface area contributed by atoms with E-state index in [-0.39, 0.29) is 6.10 Å². The second-order valence-electron chi connectivity index (χ2n) is 3.96. The first kappa shape index (κ1) is 12.3. The predicted molar refractivity (Wildman–Crippen MR) is 54.1 cm³/mol. The lowest BCUT2D eigenvalue weighted by atomic mass is 9.80. The van der Waals surface area contributed by atoms with Gasteiger partial charge in [0.05, 0.1) is 6.10 Å². The lowest BCUT2D eigenvalue weighted by molar-refractivity contribution is -0.146. The summed E-state index contributed by atoms with van der Waals surface area (Å²) in [7, 11) is 0. The molecule has 1 aliphatic carbocycles. The van der Waals surface area contributed by atoms with Crippen molar-refractivity contribution >= 4 is 6.16 Å². The van der Waals surface area contributed by atoms with Gasteiger partial charge in [0, 0.05) is 6.61 Å². The first-order chi connectivity index (χ1) is 7.14. The first-order valence-electron chi connectivity index (χ1n) is 5.66. The number of carbonyl (C=O) groups excluding carboxylic acids is 1. The molecule has 2 unspecified atom stereocenters. The van der Waals surface area contributed by atoms with Gasteiger partial charge in [-0.3, -0.25) is 0 Å². The van der Waals surface area contributed by atoms with Crippen molar-refractivity contribution in [2.24, 2.45) is 0 Å².